The van der Waals surface area contributed by atoms with Gasteiger partial charge in [-0.2, -0.15) is 0 Å². The van der Waals surface area contributed by atoms with Gasteiger partial charge in [-0.1, -0.05) is 0 Å². The highest BCUT2D eigenvalue weighted by atomic mass is 16.5. The second kappa shape index (κ2) is 6.01. The van der Waals surface area contributed by atoms with E-state index in [9.17, 15) is 4.79 Å². The molecule has 4 rings (SSSR count). The highest BCUT2D eigenvalue weighted by molar-refractivity contribution is 5.92. The molecule has 1 saturated carbocycles. The third-order valence-corrected chi connectivity index (χ3v) is 4.74. The van der Waals surface area contributed by atoms with Crippen LogP contribution >= 0.6 is 0 Å². The molecule has 2 aromatic rings. The van der Waals surface area contributed by atoms with Crippen LogP contribution in [0.15, 0.2) is 6.20 Å². The summed E-state index contributed by atoms with van der Waals surface area (Å²) in [5.41, 5.74) is 0.514. The number of aromatic amines is 1. The van der Waals surface area contributed by atoms with Crippen molar-refractivity contribution in [1.82, 2.24) is 29.6 Å². The Morgan fingerprint density at radius 2 is 2.21 bits per heavy atom. The second-order valence-corrected chi connectivity index (χ2v) is 6.64. The van der Waals surface area contributed by atoms with E-state index in [1.54, 1.807) is 6.20 Å². The summed E-state index contributed by atoms with van der Waals surface area (Å²) in [5, 5.41) is 8.56. The fraction of sp³-hybridized carbons (Fsp3) is 0.625. The van der Waals surface area contributed by atoms with E-state index in [0.29, 0.717) is 25.4 Å². The van der Waals surface area contributed by atoms with Gasteiger partial charge in [-0.05, 0) is 32.6 Å². The highest BCUT2D eigenvalue weighted by Gasteiger charge is 2.32. The van der Waals surface area contributed by atoms with Crippen molar-refractivity contribution in [2.24, 2.45) is 5.92 Å². The number of imidazole rings is 1. The molecule has 2 aromatic heterocycles. The molecule has 8 heteroatoms. The molecule has 0 spiro atoms. The molecule has 1 atom stereocenters. The summed E-state index contributed by atoms with van der Waals surface area (Å²) >= 11 is 0. The summed E-state index contributed by atoms with van der Waals surface area (Å²) < 4.78 is 7.82. The number of carbonyl (C=O) groups excluding carboxylic acids is 1. The number of aromatic nitrogens is 5. The second-order valence-electron chi connectivity index (χ2n) is 6.64. The Balaban J connectivity index is 1.47. The molecule has 1 fully saturated rings. The first-order chi connectivity index (χ1) is 11.6. The Morgan fingerprint density at radius 3 is 2.92 bits per heavy atom. The normalized spacial score (nSPS) is 20.2. The summed E-state index contributed by atoms with van der Waals surface area (Å²) in [6.45, 7) is 6.43. The molecule has 2 aliphatic rings. The molecule has 0 aromatic carbocycles. The molecule has 3 heterocycles. The maximum absolute atomic E-state index is 12.7. The van der Waals surface area contributed by atoms with Gasteiger partial charge in [-0.3, -0.25) is 4.79 Å². The number of H-pyrrole nitrogens is 1. The van der Waals surface area contributed by atoms with Crippen molar-refractivity contribution in [3.8, 4) is 0 Å². The van der Waals surface area contributed by atoms with E-state index in [0.717, 1.165) is 30.0 Å². The lowest BCUT2D eigenvalue weighted by atomic mass is 10.2. The summed E-state index contributed by atoms with van der Waals surface area (Å²) in [7, 11) is 0. The average Bonchev–Trinajstić information content (AvgIpc) is 3.14. The molecule has 24 heavy (non-hydrogen) atoms. The van der Waals surface area contributed by atoms with Gasteiger partial charge < -0.3 is 19.2 Å². The van der Waals surface area contributed by atoms with Crippen molar-refractivity contribution in [2.45, 2.75) is 45.9 Å². The fourth-order valence-corrected chi connectivity index (χ4v) is 3.11. The zero-order valence-electron chi connectivity index (χ0n) is 14.0. The number of amides is 1. The van der Waals surface area contributed by atoms with Gasteiger partial charge in [0.15, 0.2) is 11.6 Å². The van der Waals surface area contributed by atoms with Gasteiger partial charge >= 0.3 is 0 Å². The first-order valence-corrected chi connectivity index (χ1v) is 8.45. The third-order valence-electron chi connectivity index (χ3n) is 4.74. The SMILES string of the molecule is Cc1ncc(C(=O)N2CCn3c(COCC4CC4)nnc3C2C)[nH]1. The van der Waals surface area contributed by atoms with Crippen LogP contribution in [0.2, 0.25) is 0 Å². The summed E-state index contributed by atoms with van der Waals surface area (Å²) in [4.78, 5) is 21.6. The van der Waals surface area contributed by atoms with Gasteiger partial charge in [0.05, 0.1) is 12.2 Å². The van der Waals surface area contributed by atoms with Gasteiger partial charge in [0.25, 0.3) is 5.91 Å². The van der Waals surface area contributed by atoms with Crippen LogP contribution in [0.3, 0.4) is 0 Å². The smallest absolute Gasteiger partial charge is 0.272 e. The van der Waals surface area contributed by atoms with Crippen LogP contribution in [-0.2, 0) is 17.9 Å². The van der Waals surface area contributed by atoms with E-state index in [-0.39, 0.29) is 11.9 Å². The van der Waals surface area contributed by atoms with Crippen molar-refractivity contribution < 1.29 is 9.53 Å². The molecular weight excluding hydrogens is 308 g/mol. The van der Waals surface area contributed by atoms with E-state index < -0.39 is 0 Å². The van der Waals surface area contributed by atoms with Crippen molar-refractivity contribution in [1.29, 1.82) is 0 Å². The number of hydrogen-bond acceptors (Lipinski definition) is 5. The van der Waals surface area contributed by atoms with Crippen molar-refractivity contribution in [3.05, 3.63) is 29.4 Å². The minimum atomic E-state index is -0.125. The van der Waals surface area contributed by atoms with Gasteiger partial charge in [0.1, 0.15) is 18.1 Å². The topological polar surface area (TPSA) is 88.9 Å². The lowest BCUT2D eigenvalue weighted by Gasteiger charge is -2.33. The predicted octanol–water partition coefficient (Wildman–Crippen LogP) is 1.45. The Labute approximate surface area is 140 Å². The number of fused-ring (bicyclic) bond motifs is 1. The highest BCUT2D eigenvalue weighted by Crippen LogP contribution is 2.29. The molecule has 1 aliphatic heterocycles. The molecule has 1 aliphatic carbocycles. The van der Waals surface area contributed by atoms with Crippen molar-refractivity contribution in [2.75, 3.05) is 13.2 Å². The van der Waals surface area contributed by atoms with Crippen LogP contribution in [0.5, 0.6) is 0 Å². The van der Waals surface area contributed by atoms with Gasteiger partial charge in [0.2, 0.25) is 0 Å². The number of ether oxygens (including phenoxy) is 1. The lowest BCUT2D eigenvalue weighted by Crippen LogP contribution is -2.41. The fourth-order valence-electron chi connectivity index (χ4n) is 3.11. The van der Waals surface area contributed by atoms with Crippen LogP contribution < -0.4 is 0 Å². The quantitative estimate of drug-likeness (QED) is 0.896. The lowest BCUT2D eigenvalue weighted by molar-refractivity contribution is 0.0621. The molecule has 0 radical (unpaired) electrons. The van der Waals surface area contributed by atoms with E-state index in [1.807, 2.05) is 18.7 Å². The Kier molecular flexibility index (Phi) is 3.84. The Morgan fingerprint density at radius 1 is 1.38 bits per heavy atom. The van der Waals surface area contributed by atoms with Gasteiger partial charge in [-0.25, -0.2) is 4.98 Å². The Hall–Kier alpha value is -2.22. The molecule has 128 valence electrons. The predicted molar refractivity (Wildman–Crippen MR) is 85.2 cm³/mol. The average molecular weight is 330 g/mol. The largest absolute Gasteiger partial charge is 0.373 e. The number of nitrogens with one attached hydrogen (secondary N) is 1. The number of rotatable bonds is 5. The molecular formula is C16H22N6O2. The van der Waals surface area contributed by atoms with E-state index in [2.05, 4.69) is 24.7 Å². The zero-order chi connectivity index (χ0) is 16.7. The van der Waals surface area contributed by atoms with Crippen LogP contribution in [-0.4, -0.2) is 48.7 Å². The third kappa shape index (κ3) is 2.82. The van der Waals surface area contributed by atoms with Crippen LogP contribution in [0.4, 0.5) is 0 Å². The van der Waals surface area contributed by atoms with Crippen LogP contribution in [0.1, 0.15) is 53.8 Å². The maximum atomic E-state index is 12.7. The summed E-state index contributed by atoms with van der Waals surface area (Å²) in [6.07, 6.45) is 4.14. The van der Waals surface area contributed by atoms with Crippen LogP contribution in [0.25, 0.3) is 0 Å². The van der Waals surface area contributed by atoms with Gasteiger partial charge in [0, 0.05) is 19.7 Å². The maximum Gasteiger partial charge on any atom is 0.272 e. The Bertz CT molecular complexity index is 748. The molecule has 0 bridgehead atoms. The number of aryl methyl sites for hydroxylation is 1. The number of carbonyl (C=O) groups is 1. The van der Waals surface area contributed by atoms with E-state index in [4.69, 9.17) is 4.74 Å². The monoisotopic (exact) mass is 330 g/mol. The standard InChI is InChI=1S/C16H22N6O2/c1-10-15-20-19-14(9-24-8-12-3-4-12)22(15)6-5-21(10)16(23)13-7-17-11(2)18-13/h7,10,12H,3-6,8-9H2,1-2H3,(H,17,18). The summed E-state index contributed by atoms with van der Waals surface area (Å²) in [6, 6.07) is -0.125. The molecule has 1 amide bonds. The van der Waals surface area contributed by atoms with Crippen molar-refractivity contribution in [3.63, 3.8) is 0 Å². The summed E-state index contributed by atoms with van der Waals surface area (Å²) in [5.74, 6) is 3.08. The molecule has 0 saturated heterocycles. The first-order valence-electron chi connectivity index (χ1n) is 8.45. The van der Waals surface area contributed by atoms with E-state index >= 15 is 0 Å². The minimum absolute atomic E-state index is 0.0520. The molecule has 8 nitrogen and oxygen atoms in total. The zero-order valence-corrected chi connectivity index (χ0v) is 14.0. The van der Waals surface area contributed by atoms with Crippen LogP contribution in [0, 0.1) is 12.8 Å². The molecule has 1 unspecified atom stereocenters. The van der Waals surface area contributed by atoms with E-state index in [1.165, 1.54) is 12.8 Å². The first kappa shape index (κ1) is 15.3. The van der Waals surface area contributed by atoms with Gasteiger partial charge in [-0.15, -0.1) is 10.2 Å². The number of nitrogens with zero attached hydrogens (tertiary/aromatic N) is 5. The molecule has 1 N–H and O–H groups in total. The minimum Gasteiger partial charge on any atom is -0.373 e. The number of hydrogen-bond donors (Lipinski definition) is 1. The van der Waals surface area contributed by atoms with Crippen molar-refractivity contribution >= 4 is 5.91 Å².